The lowest BCUT2D eigenvalue weighted by Gasteiger charge is -2.07. The second kappa shape index (κ2) is 6.16. The lowest BCUT2D eigenvalue weighted by molar-refractivity contribution is 0.345. The minimum atomic E-state index is -4.22. The van der Waals surface area contributed by atoms with Gasteiger partial charge in [0.15, 0.2) is 6.73 Å². The van der Waals surface area contributed by atoms with Crippen LogP contribution < -0.4 is 10.1 Å². The van der Waals surface area contributed by atoms with Gasteiger partial charge in [-0.15, -0.1) is 10.2 Å². The van der Waals surface area contributed by atoms with Crippen molar-refractivity contribution in [2.45, 2.75) is 18.2 Å². The molecule has 0 amide bonds. The van der Waals surface area contributed by atoms with E-state index in [1.165, 1.54) is 29.5 Å². The van der Waals surface area contributed by atoms with Crippen molar-refractivity contribution in [1.29, 1.82) is 0 Å². The van der Waals surface area contributed by atoms with Gasteiger partial charge in [0.05, 0.1) is 4.90 Å². The van der Waals surface area contributed by atoms with E-state index >= 15 is 0 Å². The van der Waals surface area contributed by atoms with Crippen LogP contribution in [-0.2, 0) is 16.5 Å². The van der Waals surface area contributed by atoms with Gasteiger partial charge >= 0.3 is 0 Å². The van der Waals surface area contributed by atoms with Gasteiger partial charge in [-0.05, 0) is 18.6 Å². The van der Waals surface area contributed by atoms with Crippen LogP contribution in [0.2, 0.25) is 0 Å². The zero-order valence-corrected chi connectivity index (χ0v) is 12.2. The Morgan fingerprint density at radius 3 is 2.85 bits per heavy atom. The van der Waals surface area contributed by atoms with E-state index < -0.39 is 10.1 Å². The first kappa shape index (κ1) is 14.7. The van der Waals surface area contributed by atoms with Gasteiger partial charge in [-0.1, -0.05) is 24.3 Å². The Hall–Kier alpha value is -1.71. The molecule has 0 aliphatic heterocycles. The number of aromatic nitrogens is 2. The molecule has 9 heteroatoms. The topological polar surface area (TPSA) is 101 Å². The van der Waals surface area contributed by atoms with Gasteiger partial charge in [-0.2, -0.15) is 8.42 Å². The first-order valence-corrected chi connectivity index (χ1v) is 8.01. The highest BCUT2D eigenvalue weighted by Crippen LogP contribution is 2.18. The molecule has 1 heterocycles. The van der Waals surface area contributed by atoms with E-state index in [-0.39, 0.29) is 11.6 Å². The summed E-state index contributed by atoms with van der Waals surface area (Å²) in [7, 11) is -4.22. The molecule has 0 atom stereocenters. The molecule has 0 saturated carbocycles. The average molecular weight is 315 g/mol. The molecular weight excluding hydrogens is 302 g/mol. The Morgan fingerprint density at radius 1 is 1.40 bits per heavy atom. The Bertz CT molecular complexity index is 684. The maximum atomic E-state index is 11.0. The molecule has 0 saturated heterocycles. The van der Waals surface area contributed by atoms with Crippen LogP contribution >= 0.6 is 11.3 Å². The SMILES string of the molecule is CCc1nnc(NCOc2cccc(S(=O)(=O)O)c2)s1. The van der Waals surface area contributed by atoms with Crippen LogP contribution in [0.5, 0.6) is 5.75 Å². The molecule has 0 radical (unpaired) electrons. The van der Waals surface area contributed by atoms with E-state index in [0.717, 1.165) is 11.4 Å². The average Bonchev–Trinajstić information content (AvgIpc) is 2.86. The molecule has 7 nitrogen and oxygen atoms in total. The fourth-order valence-electron chi connectivity index (χ4n) is 1.37. The van der Waals surface area contributed by atoms with Crippen LogP contribution in [0.4, 0.5) is 5.13 Å². The predicted molar refractivity (Wildman–Crippen MR) is 74.7 cm³/mol. The largest absolute Gasteiger partial charge is 0.473 e. The molecule has 0 aliphatic rings. The first-order valence-electron chi connectivity index (χ1n) is 5.75. The second-order valence-corrected chi connectivity index (χ2v) is 6.25. The number of benzene rings is 1. The Balaban J connectivity index is 1.94. The van der Waals surface area contributed by atoms with Gasteiger partial charge in [0, 0.05) is 6.07 Å². The summed E-state index contributed by atoms with van der Waals surface area (Å²) in [6.45, 7) is 2.11. The zero-order valence-electron chi connectivity index (χ0n) is 10.6. The third-order valence-electron chi connectivity index (χ3n) is 2.33. The quantitative estimate of drug-likeness (QED) is 0.619. The monoisotopic (exact) mass is 315 g/mol. The molecule has 2 N–H and O–H groups in total. The molecule has 1 aromatic heterocycles. The number of hydrogen-bond acceptors (Lipinski definition) is 7. The van der Waals surface area contributed by atoms with E-state index in [1.807, 2.05) is 6.92 Å². The number of nitrogens with one attached hydrogen (secondary N) is 1. The third-order valence-corrected chi connectivity index (χ3v) is 4.21. The van der Waals surface area contributed by atoms with E-state index in [9.17, 15) is 8.42 Å². The van der Waals surface area contributed by atoms with Crippen molar-refractivity contribution in [3.8, 4) is 5.75 Å². The highest BCUT2D eigenvalue weighted by Gasteiger charge is 2.10. The molecule has 0 unspecified atom stereocenters. The smallest absolute Gasteiger partial charge is 0.294 e. The number of aryl methyl sites for hydroxylation is 1. The summed E-state index contributed by atoms with van der Waals surface area (Å²) in [4.78, 5) is -0.209. The minimum Gasteiger partial charge on any atom is -0.473 e. The summed E-state index contributed by atoms with van der Waals surface area (Å²) in [6.07, 6.45) is 0.816. The maximum absolute atomic E-state index is 11.0. The van der Waals surface area contributed by atoms with Crippen molar-refractivity contribution < 1.29 is 17.7 Å². The molecule has 0 fully saturated rings. The molecule has 108 valence electrons. The third kappa shape index (κ3) is 3.89. The summed E-state index contributed by atoms with van der Waals surface area (Å²) >= 11 is 1.43. The molecule has 0 bridgehead atoms. The van der Waals surface area contributed by atoms with Crippen LogP contribution in [0.3, 0.4) is 0 Å². The lowest BCUT2D eigenvalue weighted by atomic mass is 10.3. The fourth-order valence-corrected chi connectivity index (χ4v) is 2.55. The minimum absolute atomic E-state index is 0.118. The Morgan fingerprint density at radius 2 is 2.20 bits per heavy atom. The standard InChI is InChI=1S/C11H13N3O4S2/c1-2-10-13-14-11(19-10)12-7-18-8-4-3-5-9(6-8)20(15,16)17/h3-6H,2,7H2,1H3,(H,12,14)(H,15,16,17). The van der Waals surface area contributed by atoms with Gasteiger partial charge in [0.1, 0.15) is 10.8 Å². The van der Waals surface area contributed by atoms with Crippen molar-refractivity contribution in [3.63, 3.8) is 0 Å². The summed E-state index contributed by atoms with van der Waals surface area (Å²) in [6, 6.07) is 5.61. The van der Waals surface area contributed by atoms with Crippen molar-refractivity contribution in [1.82, 2.24) is 10.2 Å². The van der Waals surface area contributed by atoms with Crippen molar-refractivity contribution >= 4 is 26.6 Å². The molecule has 2 aromatic rings. The van der Waals surface area contributed by atoms with Crippen molar-refractivity contribution in [2.75, 3.05) is 12.0 Å². The first-order chi connectivity index (χ1) is 9.49. The van der Waals surface area contributed by atoms with Crippen LogP contribution in [0.15, 0.2) is 29.2 Å². The number of rotatable bonds is 6. The number of ether oxygens (including phenoxy) is 1. The van der Waals surface area contributed by atoms with Crippen LogP contribution in [0, 0.1) is 0 Å². The van der Waals surface area contributed by atoms with E-state index in [4.69, 9.17) is 9.29 Å². The molecule has 0 aliphatic carbocycles. The lowest BCUT2D eigenvalue weighted by Crippen LogP contribution is -2.09. The highest BCUT2D eigenvalue weighted by molar-refractivity contribution is 7.85. The maximum Gasteiger partial charge on any atom is 0.294 e. The number of hydrogen-bond donors (Lipinski definition) is 2. The van der Waals surface area contributed by atoms with Crippen LogP contribution in [0.1, 0.15) is 11.9 Å². The molecule has 20 heavy (non-hydrogen) atoms. The van der Waals surface area contributed by atoms with Crippen LogP contribution in [-0.4, -0.2) is 29.9 Å². The van der Waals surface area contributed by atoms with Crippen molar-refractivity contribution in [3.05, 3.63) is 29.3 Å². The van der Waals surface area contributed by atoms with Crippen LogP contribution in [0.25, 0.3) is 0 Å². The summed E-state index contributed by atoms with van der Waals surface area (Å²) in [5, 5.41) is 12.3. The second-order valence-electron chi connectivity index (χ2n) is 3.77. The summed E-state index contributed by atoms with van der Waals surface area (Å²) in [5.41, 5.74) is 0. The Labute approximate surface area is 120 Å². The van der Waals surface area contributed by atoms with Gasteiger partial charge in [0.2, 0.25) is 5.13 Å². The summed E-state index contributed by atoms with van der Waals surface area (Å²) in [5.74, 6) is 0.327. The van der Waals surface area contributed by atoms with E-state index in [2.05, 4.69) is 15.5 Å². The van der Waals surface area contributed by atoms with Gasteiger partial charge in [0.25, 0.3) is 10.1 Å². The van der Waals surface area contributed by atoms with Gasteiger partial charge in [-0.25, -0.2) is 0 Å². The van der Waals surface area contributed by atoms with Gasteiger partial charge < -0.3 is 10.1 Å². The number of anilines is 1. The number of nitrogens with zero attached hydrogens (tertiary/aromatic N) is 2. The predicted octanol–water partition coefficient (Wildman–Crippen LogP) is 1.80. The fraction of sp³-hybridized carbons (Fsp3) is 0.273. The molecular formula is C11H13N3O4S2. The normalized spacial score (nSPS) is 11.3. The molecule has 0 spiro atoms. The van der Waals surface area contributed by atoms with E-state index in [0.29, 0.717) is 10.9 Å². The van der Waals surface area contributed by atoms with E-state index in [1.54, 1.807) is 6.07 Å². The van der Waals surface area contributed by atoms with Gasteiger partial charge in [-0.3, -0.25) is 4.55 Å². The highest BCUT2D eigenvalue weighted by atomic mass is 32.2. The molecule has 1 aromatic carbocycles. The summed E-state index contributed by atoms with van der Waals surface area (Å²) < 4.78 is 36.2. The Kier molecular flexibility index (Phi) is 4.53. The zero-order chi connectivity index (χ0) is 14.6. The van der Waals surface area contributed by atoms with Crippen molar-refractivity contribution in [2.24, 2.45) is 0 Å². The molecule has 2 rings (SSSR count).